The van der Waals surface area contributed by atoms with Gasteiger partial charge in [-0.15, -0.1) is 0 Å². The van der Waals surface area contributed by atoms with Gasteiger partial charge in [-0.25, -0.2) is 4.98 Å². The van der Waals surface area contributed by atoms with Crippen LogP contribution in [0.2, 0.25) is 0 Å². The molecule has 4 heteroatoms. The molecule has 0 aliphatic heterocycles. The molecule has 0 N–H and O–H groups in total. The predicted molar refractivity (Wildman–Crippen MR) is 177 cm³/mol. The summed E-state index contributed by atoms with van der Waals surface area (Å²) >= 11 is 6.43. The number of para-hydroxylation sites is 2. The lowest BCUT2D eigenvalue weighted by atomic mass is 9.99. The van der Waals surface area contributed by atoms with E-state index in [1.165, 1.54) is 43.8 Å². The number of imidazole rings is 1. The molecule has 3 heterocycles. The maximum absolute atomic E-state index is 6.43. The van der Waals surface area contributed by atoms with E-state index in [4.69, 9.17) is 17.2 Å². The number of rotatable bonds is 1. The molecule has 0 amide bonds. The van der Waals surface area contributed by atoms with Crippen molar-refractivity contribution in [3.63, 3.8) is 0 Å². The van der Waals surface area contributed by atoms with Crippen LogP contribution in [0.5, 0.6) is 0 Å². The predicted octanol–water partition coefficient (Wildman–Crippen LogP) is 10.3. The number of pyridine rings is 2. The molecule has 3 nitrogen and oxygen atoms in total. The third-order valence-corrected chi connectivity index (χ3v) is 9.44. The van der Waals surface area contributed by atoms with Crippen molar-refractivity contribution >= 4 is 72.2 Å². The van der Waals surface area contributed by atoms with Gasteiger partial charge < -0.3 is 0 Å². The molecule has 0 spiro atoms. The van der Waals surface area contributed by atoms with Crippen LogP contribution in [0.3, 0.4) is 0 Å². The molecule has 0 atom stereocenters. The zero-order valence-electron chi connectivity index (χ0n) is 22.4. The fraction of sp³-hybridized carbons (Fsp3) is 0. The van der Waals surface area contributed by atoms with Gasteiger partial charge in [-0.3, -0.25) is 8.97 Å². The third-order valence-electron chi connectivity index (χ3n) is 9.04. The SMILES string of the molecule is S=c1c2ccccc2c2c3ccccc3c3nc4ccccc4n3c2n1-c1ccc2c3c(cccc13)-c1ccccc1-2. The van der Waals surface area contributed by atoms with E-state index in [0.29, 0.717) is 0 Å². The first-order chi connectivity index (χ1) is 20.8. The lowest BCUT2D eigenvalue weighted by Crippen LogP contribution is -2.07. The summed E-state index contributed by atoms with van der Waals surface area (Å²) in [6.07, 6.45) is 0. The van der Waals surface area contributed by atoms with E-state index in [1.54, 1.807) is 0 Å². The molecule has 9 aromatic rings. The van der Waals surface area contributed by atoms with Gasteiger partial charge in [0.2, 0.25) is 0 Å². The van der Waals surface area contributed by atoms with Gasteiger partial charge in [0.1, 0.15) is 15.9 Å². The second-order valence-corrected chi connectivity index (χ2v) is 11.5. The van der Waals surface area contributed by atoms with Crippen molar-refractivity contribution < 1.29 is 0 Å². The highest BCUT2D eigenvalue weighted by Gasteiger charge is 2.25. The van der Waals surface area contributed by atoms with Gasteiger partial charge in [0.05, 0.1) is 16.7 Å². The van der Waals surface area contributed by atoms with E-state index < -0.39 is 0 Å². The molecule has 0 saturated heterocycles. The van der Waals surface area contributed by atoms with Gasteiger partial charge in [0.25, 0.3) is 0 Å². The smallest absolute Gasteiger partial charge is 0.147 e. The molecule has 6 aromatic carbocycles. The van der Waals surface area contributed by atoms with E-state index in [-0.39, 0.29) is 0 Å². The Hall–Kier alpha value is -5.32. The van der Waals surface area contributed by atoms with Crippen molar-refractivity contribution in [2.24, 2.45) is 0 Å². The number of fused-ring (bicyclic) bond motifs is 13. The highest BCUT2D eigenvalue weighted by atomic mass is 32.1. The number of hydrogen-bond acceptors (Lipinski definition) is 2. The first-order valence-electron chi connectivity index (χ1n) is 14.2. The fourth-order valence-corrected chi connectivity index (χ4v) is 7.71. The summed E-state index contributed by atoms with van der Waals surface area (Å²) in [5.41, 5.74) is 10.2. The molecule has 1 aliphatic rings. The minimum Gasteiger partial charge on any atom is -0.285 e. The average molecular weight is 552 g/mol. The Labute approximate surface area is 245 Å². The van der Waals surface area contributed by atoms with Crippen LogP contribution in [0.25, 0.3) is 88.0 Å². The molecule has 0 bridgehead atoms. The Kier molecular flexibility index (Phi) is 4.21. The summed E-state index contributed by atoms with van der Waals surface area (Å²) in [4.78, 5) is 5.18. The number of hydrogen-bond donors (Lipinski definition) is 0. The van der Waals surface area contributed by atoms with Crippen LogP contribution in [0.1, 0.15) is 0 Å². The summed E-state index contributed by atoms with van der Waals surface area (Å²) in [7, 11) is 0. The van der Waals surface area contributed by atoms with Gasteiger partial charge in [-0.1, -0.05) is 121 Å². The Morgan fingerprint density at radius 2 is 1.07 bits per heavy atom. The first-order valence-corrected chi connectivity index (χ1v) is 14.6. The van der Waals surface area contributed by atoms with Crippen LogP contribution in [0, 0.1) is 4.64 Å². The summed E-state index contributed by atoms with van der Waals surface area (Å²) in [5.74, 6) is 0. The second-order valence-electron chi connectivity index (χ2n) is 11.1. The zero-order chi connectivity index (χ0) is 27.5. The van der Waals surface area contributed by atoms with E-state index >= 15 is 0 Å². The lowest BCUT2D eigenvalue weighted by molar-refractivity contribution is 1.06. The summed E-state index contributed by atoms with van der Waals surface area (Å²) in [6.45, 7) is 0. The van der Waals surface area contributed by atoms with Crippen molar-refractivity contribution in [2.45, 2.75) is 0 Å². The van der Waals surface area contributed by atoms with Crippen LogP contribution in [0.15, 0.2) is 127 Å². The van der Waals surface area contributed by atoms with E-state index in [9.17, 15) is 0 Å². The molecule has 10 rings (SSSR count). The van der Waals surface area contributed by atoms with Crippen molar-refractivity contribution in [1.29, 1.82) is 0 Å². The summed E-state index contributed by atoms with van der Waals surface area (Å²) in [5, 5.41) is 8.19. The van der Waals surface area contributed by atoms with Crippen molar-refractivity contribution in [3.8, 4) is 27.9 Å². The molecule has 3 aromatic heterocycles. The van der Waals surface area contributed by atoms with Gasteiger partial charge in [0.15, 0.2) is 0 Å². The highest BCUT2D eigenvalue weighted by molar-refractivity contribution is 7.71. The van der Waals surface area contributed by atoms with Crippen molar-refractivity contribution in [2.75, 3.05) is 0 Å². The van der Waals surface area contributed by atoms with Crippen molar-refractivity contribution in [1.82, 2.24) is 14.0 Å². The maximum atomic E-state index is 6.43. The molecule has 0 saturated carbocycles. The molecule has 42 heavy (non-hydrogen) atoms. The molecule has 0 unspecified atom stereocenters. The number of aromatic nitrogens is 3. The largest absolute Gasteiger partial charge is 0.285 e. The number of benzene rings is 6. The van der Waals surface area contributed by atoms with Gasteiger partial charge in [-0.05, 0) is 56.6 Å². The number of nitrogens with zero attached hydrogens (tertiary/aromatic N) is 3. The fourth-order valence-electron chi connectivity index (χ4n) is 7.34. The van der Waals surface area contributed by atoms with Gasteiger partial charge >= 0.3 is 0 Å². The van der Waals surface area contributed by atoms with Crippen LogP contribution in [-0.4, -0.2) is 14.0 Å². The van der Waals surface area contributed by atoms with Crippen LogP contribution >= 0.6 is 12.2 Å². The zero-order valence-corrected chi connectivity index (χ0v) is 23.2. The van der Waals surface area contributed by atoms with Crippen LogP contribution in [0.4, 0.5) is 0 Å². The summed E-state index contributed by atoms with van der Waals surface area (Å²) < 4.78 is 5.43. The molecular weight excluding hydrogens is 531 g/mol. The minimum absolute atomic E-state index is 0.795. The van der Waals surface area contributed by atoms with Crippen molar-refractivity contribution in [3.05, 3.63) is 132 Å². The topological polar surface area (TPSA) is 22.2 Å². The van der Waals surface area contributed by atoms with Crippen LogP contribution in [-0.2, 0) is 0 Å². The molecule has 194 valence electrons. The molecule has 0 fully saturated rings. The van der Waals surface area contributed by atoms with Crippen LogP contribution < -0.4 is 0 Å². The monoisotopic (exact) mass is 551 g/mol. The standard InChI is InChI=1S/C38H21N3S/c42-38-29-15-6-4-13-26(29)35-25-12-3-5-14-28(25)36-39-31-18-7-8-19-33(31)40(36)37(35)41(38)32-21-20-27-23-11-2-1-10-22(23)24-16-9-17-30(32)34(24)27/h1-21H. The molecular formula is C38H21N3S. The van der Waals surface area contributed by atoms with Gasteiger partial charge in [-0.2, -0.15) is 0 Å². The second kappa shape index (κ2) is 7.90. The summed E-state index contributed by atoms with van der Waals surface area (Å²) in [6, 6.07) is 45.5. The van der Waals surface area contributed by atoms with E-state index in [1.807, 2.05) is 0 Å². The average Bonchev–Trinajstić information content (AvgIpc) is 3.60. The molecule has 0 radical (unpaired) electrons. The Morgan fingerprint density at radius 1 is 0.476 bits per heavy atom. The van der Waals surface area contributed by atoms with Gasteiger partial charge in [0, 0.05) is 21.5 Å². The minimum atomic E-state index is 0.795. The maximum Gasteiger partial charge on any atom is 0.147 e. The van der Waals surface area contributed by atoms with E-state index in [2.05, 4.69) is 136 Å². The molecule has 1 aliphatic carbocycles. The highest BCUT2D eigenvalue weighted by Crippen LogP contribution is 2.49. The first kappa shape index (κ1) is 22.4. The third kappa shape index (κ3) is 2.66. The van der Waals surface area contributed by atoms with E-state index in [0.717, 1.165) is 48.8 Å². The quantitative estimate of drug-likeness (QED) is 0.150. The lowest BCUT2D eigenvalue weighted by Gasteiger charge is -2.20. The Morgan fingerprint density at radius 3 is 1.88 bits per heavy atom. The Balaban J connectivity index is 1.51. The normalized spacial score (nSPS) is 12.4. The Bertz CT molecular complexity index is 2680.